The van der Waals surface area contributed by atoms with Crippen LogP contribution < -0.4 is 5.32 Å². The Morgan fingerprint density at radius 2 is 2.29 bits per heavy atom. The first kappa shape index (κ1) is 14.5. The Kier molecular flexibility index (Phi) is 3.33. The average molecular weight is 325 g/mol. The van der Waals surface area contributed by atoms with Crippen molar-refractivity contribution < 1.29 is 9.32 Å². The lowest BCUT2D eigenvalue weighted by atomic mass is 10.0. The molecular weight excluding hydrogens is 310 g/mol. The van der Waals surface area contributed by atoms with E-state index < -0.39 is 0 Å². The quantitative estimate of drug-likeness (QED) is 0.764. The van der Waals surface area contributed by atoms with Crippen molar-refractivity contribution >= 4 is 5.91 Å². The summed E-state index contributed by atoms with van der Waals surface area (Å²) in [6.45, 7) is 1.78. The van der Waals surface area contributed by atoms with Gasteiger partial charge in [-0.25, -0.2) is 0 Å². The highest BCUT2D eigenvalue weighted by molar-refractivity contribution is 5.90. The van der Waals surface area contributed by atoms with Crippen LogP contribution in [0, 0.1) is 6.92 Å². The van der Waals surface area contributed by atoms with Crippen LogP contribution in [0.4, 0.5) is 0 Å². The number of aromatic nitrogens is 6. The summed E-state index contributed by atoms with van der Waals surface area (Å²) in [5, 5.41) is 18.1. The third-order valence-electron chi connectivity index (χ3n) is 4.01. The van der Waals surface area contributed by atoms with Gasteiger partial charge in [-0.15, -0.1) is 10.2 Å². The fraction of sp³-hybridized carbons (Fsp3) is 0.333. The molecule has 1 aromatic carbocycles. The monoisotopic (exact) mass is 325 g/mol. The smallest absolute Gasteiger partial charge is 0.293 e. The number of nitrogens with zero attached hydrogens (tertiary/aromatic N) is 6. The fourth-order valence-electron chi connectivity index (χ4n) is 2.91. The molecule has 1 N–H and O–H groups in total. The van der Waals surface area contributed by atoms with Crippen molar-refractivity contribution in [2.24, 2.45) is 7.05 Å². The van der Waals surface area contributed by atoms with E-state index >= 15 is 0 Å². The van der Waals surface area contributed by atoms with E-state index in [-0.39, 0.29) is 17.8 Å². The summed E-state index contributed by atoms with van der Waals surface area (Å²) in [6.07, 6.45) is 1.70. The van der Waals surface area contributed by atoms with Crippen molar-refractivity contribution in [2.75, 3.05) is 0 Å². The number of carbonyl (C=O) groups excluding carboxylic acids is 1. The number of benzene rings is 1. The Labute approximate surface area is 137 Å². The van der Waals surface area contributed by atoms with Crippen LogP contribution >= 0.6 is 0 Å². The summed E-state index contributed by atoms with van der Waals surface area (Å²) in [5.41, 5.74) is 3.14. The van der Waals surface area contributed by atoms with Crippen LogP contribution in [-0.2, 0) is 13.5 Å². The summed E-state index contributed by atoms with van der Waals surface area (Å²) in [5.74, 6) is 0.861. The molecule has 0 aliphatic heterocycles. The van der Waals surface area contributed by atoms with Gasteiger partial charge in [0.05, 0.1) is 13.1 Å². The lowest BCUT2D eigenvalue weighted by Crippen LogP contribution is -2.28. The van der Waals surface area contributed by atoms with E-state index in [1.54, 1.807) is 14.0 Å². The minimum absolute atomic E-state index is 0.0604. The van der Waals surface area contributed by atoms with Gasteiger partial charge in [0.1, 0.15) is 0 Å². The molecule has 0 fully saturated rings. The number of tetrazole rings is 1. The number of nitrogens with one attached hydrogen (secondary N) is 1. The van der Waals surface area contributed by atoms with Crippen molar-refractivity contribution in [3.63, 3.8) is 0 Å². The van der Waals surface area contributed by atoms with Crippen LogP contribution in [0.15, 0.2) is 22.7 Å². The molecule has 0 radical (unpaired) electrons. The third kappa shape index (κ3) is 2.53. The van der Waals surface area contributed by atoms with E-state index in [0.717, 1.165) is 24.0 Å². The average Bonchev–Trinajstić information content (AvgIpc) is 3.28. The van der Waals surface area contributed by atoms with E-state index in [0.29, 0.717) is 11.7 Å². The van der Waals surface area contributed by atoms with Gasteiger partial charge >= 0.3 is 0 Å². The molecule has 1 aliphatic rings. The van der Waals surface area contributed by atoms with Crippen LogP contribution in [0.1, 0.15) is 40.0 Å². The lowest BCUT2D eigenvalue weighted by molar-refractivity contribution is 0.0926. The summed E-state index contributed by atoms with van der Waals surface area (Å²) >= 11 is 0. The van der Waals surface area contributed by atoms with Crippen LogP contribution in [0.5, 0.6) is 0 Å². The van der Waals surface area contributed by atoms with Gasteiger partial charge in [0.25, 0.3) is 17.6 Å². The van der Waals surface area contributed by atoms with Gasteiger partial charge in [0, 0.05) is 5.56 Å². The van der Waals surface area contributed by atoms with E-state index in [2.05, 4.69) is 30.9 Å². The van der Waals surface area contributed by atoms with Crippen LogP contribution in [0.2, 0.25) is 0 Å². The summed E-state index contributed by atoms with van der Waals surface area (Å²) < 4.78 is 5.21. The Morgan fingerprint density at radius 1 is 1.42 bits per heavy atom. The molecule has 1 atom stereocenters. The molecule has 0 bridgehead atoms. The molecule has 9 nitrogen and oxygen atoms in total. The summed E-state index contributed by atoms with van der Waals surface area (Å²) in [4.78, 5) is 17.7. The summed E-state index contributed by atoms with van der Waals surface area (Å²) in [7, 11) is 1.62. The molecule has 1 amide bonds. The van der Waals surface area contributed by atoms with Gasteiger partial charge in [-0.05, 0) is 48.2 Å². The van der Waals surface area contributed by atoms with Gasteiger partial charge in [-0.3, -0.25) is 4.79 Å². The minimum Gasteiger partial charge on any atom is -0.342 e. The maximum atomic E-state index is 12.2. The molecule has 9 heteroatoms. The molecule has 1 unspecified atom stereocenters. The Hall–Kier alpha value is -3.10. The van der Waals surface area contributed by atoms with Crippen molar-refractivity contribution in [1.82, 2.24) is 35.7 Å². The molecular formula is C15H15N7O2. The number of rotatable bonds is 3. The highest BCUT2D eigenvalue weighted by Crippen LogP contribution is 2.34. The van der Waals surface area contributed by atoms with Crippen molar-refractivity contribution in [3.8, 4) is 11.5 Å². The molecule has 3 aromatic rings. The molecule has 1 aliphatic carbocycles. The maximum absolute atomic E-state index is 12.2. The van der Waals surface area contributed by atoms with E-state index in [1.165, 1.54) is 10.4 Å². The predicted molar refractivity (Wildman–Crippen MR) is 81.8 cm³/mol. The van der Waals surface area contributed by atoms with E-state index in [4.69, 9.17) is 4.52 Å². The van der Waals surface area contributed by atoms with Crippen LogP contribution in [-0.4, -0.2) is 36.3 Å². The zero-order valence-corrected chi connectivity index (χ0v) is 13.2. The second-order valence-electron chi connectivity index (χ2n) is 5.73. The summed E-state index contributed by atoms with van der Waals surface area (Å²) in [6, 6.07) is 5.90. The Balaban J connectivity index is 1.55. The number of carbonyl (C=O) groups is 1. The number of hydrogen-bond donors (Lipinski definition) is 1. The Bertz CT molecular complexity index is 914. The fourth-order valence-corrected chi connectivity index (χ4v) is 2.91. The minimum atomic E-state index is -0.322. The highest BCUT2D eigenvalue weighted by atomic mass is 16.5. The molecule has 122 valence electrons. The third-order valence-corrected chi connectivity index (χ3v) is 4.01. The van der Waals surface area contributed by atoms with Gasteiger partial charge < -0.3 is 9.84 Å². The largest absolute Gasteiger partial charge is 0.342 e. The predicted octanol–water partition coefficient (Wildman–Crippen LogP) is 0.986. The molecule has 0 spiro atoms. The molecule has 2 heterocycles. The van der Waals surface area contributed by atoms with Gasteiger partial charge in [-0.1, -0.05) is 11.2 Å². The zero-order valence-electron chi connectivity index (χ0n) is 13.2. The lowest BCUT2D eigenvalue weighted by Gasteiger charge is -2.12. The normalized spacial score (nSPS) is 16.2. The molecule has 2 aromatic heterocycles. The van der Waals surface area contributed by atoms with Crippen molar-refractivity contribution in [3.05, 3.63) is 41.0 Å². The van der Waals surface area contributed by atoms with E-state index in [9.17, 15) is 4.79 Å². The Morgan fingerprint density at radius 3 is 3.00 bits per heavy atom. The van der Waals surface area contributed by atoms with Crippen LogP contribution in [0.25, 0.3) is 11.5 Å². The second kappa shape index (κ2) is 5.52. The maximum Gasteiger partial charge on any atom is 0.293 e. The van der Waals surface area contributed by atoms with Gasteiger partial charge in [0.15, 0.2) is 5.82 Å². The first-order valence-electron chi connectivity index (χ1n) is 7.58. The number of hydrogen-bond acceptors (Lipinski definition) is 7. The number of aryl methyl sites for hydroxylation is 3. The standard InChI is InChI=1S/C15H15N7O2/c1-8-16-15(24-20-8)10-3-5-11-9(7-10)4-6-12(11)17-14(23)13-18-21-22(2)19-13/h3,5,7,12H,4,6H2,1-2H3,(H,17,23). The topological polar surface area (TPSA) is 112 Å². The number of fused-ring (bicyclic) bond motifs is 1. The molecule has 0 saturated carbocycles. The molecule has 4 rings (SSSR count). The second-order valence-corrected chi connectivity index (χ2v) is 5.73. The van der Waals surface area contributed by atoms with E-state index in [1.807, 2.05) is 18.2 Å². The van der Waals surface area contributed by atoms with Crippen LogP contribution in [0.3, 0.4) is 0 Å². The first-order valence-corrected chi connectivity index (χ1v) is 7.58. The molecule has 24 heavy (non-hydrogen) atoms. The van der Waals surface area contributed by atoms with Gasteiger partial charge in [0.2, 0.25) is 0 Å². The zero-order chi connectivity index (χ0) is 16.7. The van der Waals surface area contributed by atoms with Gasteiger partial charge in [-0.2, -0.15) is 9.78 Å². The number of amides is 1. The van der Waals surface area contributed by atoms with Crippen molar-refractivity contribution in [1.29, 1.82) is 0 Å². The van der Waals surface area contributed by atoms with Crippen molar-refractivity contribution in [2.45, 2.75) is 25.8 Å². The first-order chi connectivity index (χ1) is 11.6. The highest BCUT2D eigenvalue weighted by Gasteiger charge is 2.26. The molecule has 0 saturated heterocycles. The SMILES string of the molecule is Cc1noc(-c2ccc3c(c2)CCC3NC(=O)c2nnn(C)n2)n1.